The minimum atomic E-state index is 0.448. The van der Waals surface area contributed by atoms with Crippen LogP contribution in [0.1, 0.15) is 23.6 Å². The molecule has 0 aromatic carbocycles. The van der Waals surface area contributed by atoms with Crippen LogP contribution in [0.2, 0.25) is 0 Å². The number of rotatable bonds is 7. The first-order valence-corrected chi connectivity index (χ1v) is 6.41. The van der Waals surface area contributed by atoms with Crippen molar-refractivity contribution in [2.75, 3.05) is 20.3 Å². The minimum absolute atomic E-state index is 0.448. The molecule has 1 rings (SSSR count). The van der Waals surface area contributed by atoms with Gasteiger partial charge in [-0.05, 0) is 31.5 Å². The highest BCUT2D eigenvalue weighted by molar-refractivity contribution is 7.11. The van der Waals surface area contributed by atoms with Crippen molar-refractivity contribution in [2.45, 2.75) is 32.7 Å². The third-order valence-electron chi connectivity index (χ3n) is 2.37. The van der Waals surface area contributed by atoms with E-state index >= 15 is 0 Å². The first-order chi connectivity index (χ1) is 7.30. The van der Waals surface area contributed by atoms with Crippen molar-refractivity contribution in [1.29, 1.82) is 0 Å². The molecule has 1 N–H and O–H groups in total. The summed E-state index contributed by atoms with van der Waals surface area (Å²) < 4.78 is 5.20. The van der Waals surface area contributed by atoms with Gasteiger partial charge in [0, 0.05) is 22.9 Å². The van der Waals surface area contributed by atoms with E-state index in [1.165, 1.54) is 9.75 Å². The summed E-state index contributed by atoms with van der Waals surface area (Å²) in [5.41, 5.74) is 0. The molecule has 0 amide bonds. The van der Waals surface area contributed by atoms with Gasteiger partial charge in [0.1, 0.15) is 0 Å². The highest BCUT2D eigenvalue weighted by Crippen LogP contribution is 2.18. The Kier molecular flexibility index (Phi) is 5.91. The van der Waals surface area contributed by atoms with E-state index in [2.05, 4.69) is 31.3 Å². The standard InChI is InChI=1S/C12H21NOS/c1-4-11-6-7-12(15-11)8-10(9-14-3)13-5-2/h6-7,10,13H,4-5,8-9H2,1-3H3. The molecule has 0 radical (unpaired) electrons. The molecule has 0 spiro atoms. The molecule has 3 heteroatoms. The van der Waals surface area contributed by atoms with Gasteiger partial charge < -0.3 is 10.1 Å². The van der Waals surface area contributed by atoms with Crippen LogP contribution in [0.4, 0.5) is 0 Å². The van der Waals surface area contributed by atoms with Crippen molar-refractivity contribution in [1.82, 2.24) is 5.32 Å². The lowest BCUT2D eigenvalue weighted by Crippen LogP contribution is -2.34. The van der Waals surface area contributed by atoms with Crippen LogP contribution in [0.15, 0.2) is 12.1 Å². The number of nitrogens with one attached hydrogen (secondary N) is 1. The van der Waals surface area contributed by atoms with Crippen molar-refractivity contribution in [3.63, 3.8) is 0 Å². The SMILES string of the molecule is CCNC(COC)Cc1ccc(CC)s1. The van der Waals surface area contributed by atoms with E-state index in [4.69, 9.17) is 4.74 Å². The van der Waals surface area contributed by atoms with E-state index < -0.39 is 0 Å². The lowest BCUT2D eigenvalue weighted by Gasteiger charge is -2.15. The fourth-order valence-electron chi connectivity index (χ4n) is 1.64. The number of likely N-dealkylation sites (N-methyl/N-ethyl adjacent to an activating group) is 1. The van der Waals surface area contributed by atoms with Crippen molar-refractivity contribution >= 4 is 11.3 Å². The third kappa shape index (κ3) is 4.33. The van der Waals surface area contributed by atoms with Gasteiger partial charge in [-0.25, -0.2) is 0 Å². The van der Waals surface area contributed by atoms with Crippen LogP contribution in [-0.4, -0.2) is 26.3 Å². The molecule has 86 valence electrons. The van der Waals surface area contributed by atoms with E-state index in [1.807, 2.05) is 11.3 Å². The van der Waals surface area contributed by atoms with Gasteiger partial charge in [-0.3, -0.25) is 0 Å². The Hall–Kier alpha value is -0.380. The van der Waals surface area contributed by atoms with Gasteiger partial charge in [0.25, 0.3) is 0 Å². The summed E-state index contributed by atoms with van der Waals surface area (Å²) in [6.07, 6.45) is 2.22. The Balaban J connectivity index is 2.48. The summed E-state index contributed by atoms with van der Waals surface area (Å²) in [7, 11) is 1.76. The number of hydrogen-bond donors (Lipinski definition) is 1. The molecule has 1 aromatic heterocycles. The zero-order chi connectivity index (χ0) is 11.1. The van der Waals surface area contributed by atoms with Crippen molar-refractivity contribution in [3.8, 4) is 0 Å². The maximum Gasteiger partial charge on any atom is 0.0619 e. The summed E-state index contributed by atoms with van der Waals surface area (Å²) >= 11 is 1.92. The van der Waals surface area contributed by atoms with Crippen LogP contribution in [0.5, 0.6) is 0 Å². The lowest BCUT2D eigenvalue weighted by molar-refractivity contribution is 0.167. The molecule has 1 heterocycles. The summed E-state index contributed by atoms with van der Waals surface area (Å²) in [6.45, 7) is 6.12. The van der Waals surface area contributed by atoms with Crippen LogP contribution in [0.3, 0.4) is 0 Å². The maximum absolute atomic E-state index is 5.20. The molecule has 1 aromatic rings. The molecule has 1 unspecified atom stereocenters. The zero-order valence-electron chi connectivity index (χ0n) is 9.88. The Bertz CT molecular complexity index is 266. The van der Waals surface area contributed by atoms with Gasteiger partial charge in [-0.15, -0.1) is 11.3 Å². The third-order valence-corrected chi connectivity index (χ3v) is 3.63. The molecule has 0 saturated carbocycles. The van der Waals surface area contributed by atoms with Crippen molar-refractivity contribution in [2.24, 2.45) is 0 Å². The first kappa shape index (κ1) is 12.7. The van der Waals surface area contributed by atoms with Crippen molar-refractivity contribution < 1.29 is 4.74 Å². The molecule has 15 heavy (non-hydrogen) atoms. The highest BCUT2D eigenvalue weighted by atomic mass is 32.1. The van der Waals surface area contributed by atoms with Gasteiger partial charge >= 0.3 is 0 Å². The number of thiophene rings is 1. The molecule has 1 atom stereocenters. The van der Waals surface area contributed by atoms with E-state index in [0.717, 1.165) is 26.0 Å². The van der Waals surface area contributed by atoms with E-state index in [0.29, 0.717) is 6.04 Å². The number of methoxy groups -OCH3 is 1. The molecule has 0 aliphatic heterocycles. The molecule has 0 aliphatic rings. The quantitative estimate of drug-likeness (QED) is 0.772. The van der Waals surface area contributed by atoms with E-state index in [9.17, 15) is 0 Å². The predicted molar refractivity (Wildman–Crippen MR) is 66.7 cm³/mol. The van der Waals surface area contributed by atoms with Crippen molar-refractivity contribution in [3.05, 3.63) is 21.9 Å². The molecular weight excluding hydrogens is 206 g/mol. The molecule has 2 nitrogen and oxygen atoms in total. The molecule has 0 saturated heterocycles. The smallest absolute Gasteiger partial charge is 0.0619 e. The zero-order valence-corrected chi connectivity index (χ0v) is 10.7. The Morgan fingerprint density at radius 1 is 1.33 bits per heavy atom. The van der Waals surface area contributed by atoms with Gasteiger partial charge in [-0.2, -0.15) is 0 Å². The Morgan fingerprint density at radius 3 is 2.60 bits per heavy atom. The fourth-order valence-corrected chi connectivity index (χ4v) is 2.68. The average molecular weight is 227 g/mol. The van der Waals surface area contributed by atoms with Gasteiger partial charge in [-0.1, -0.05) is 13.8 Å². The second-order valence-corrected chi connectivity index (χ2v) is 4.89. The summed E-state index contributed by atoms with van der Waals surface area (Å²) in [6, 6.07) is 4.92. The number of ether oxygens (including phenoxy) is 1. The van der Waals surface area contributed by atoms with Crippen LogP contribution in [0, 0.1) is 0 Å². The van der Waals surface area contributed by atoms with E-state index in [1.54, 1.807) is 7.11 Å². The molecular formula is C12H21NOS. The van der Waals surface area contributed by atoms with Crippen LogP contribution >= 0.6 is 11.3 Å². The van der Waals surface area contributed by atoms with Gasteiger partial charge in [0.15, 0.2) is 0 Å². The molecule has 0 aliphatic carbocycles. The molecule has 0 bridgehead atoms. The average Bonchev–Trinajstić information content (AvgIpc) is 2.66. The Labute approximate surface area is 96.7 Å². The summed E-state index contributed by atoms with van der Waals surface area (Å²) in [5, 5.41) is 3.44. The second-order valence-electron chi connectivity index (χ2n) is 3.64. The number of hydrogen-bond acceptors (Lipinski definition) is 3. The summed E-state index contributed by atoms with van der Waals surface area (Å²) in [5.74, 6) is 0. The molecule has 0 fully saturated rings. The second kappa shape index (κ2) is 6.99. The lowest BCUT2D eigenvalue weighted by atomic mass is 10.2. The summed E-state index contributed by atoms with van der Waals surface area (Å²) in [4.78, 5) is 2.92. The number of aryl methyl sites for hydroxylation is 1. The van der Waals surface area contributed by atoms with Crippen LogP contribution in [0.25, 0.3) is 0 Å². The topological polar surface area (TPSA) is 21.3 Å². The van der Waals surface area contributed by atoms with Crippen LogP contribution < -0.4 is 5.32 Å². The monoisotopic (exact) mass is 227 g/mol. The van der Waals surface area contributed by atoms with E-state index in [-0.39, 0.29) is 0 Å². The predicted octanol–water partition coefficient (Wildman–Crippen LogP) is 2.48. The normalized spacial score (nSPS) is 13.0. The Morgan fingerprint density at radius 2 is 2.07 bits per heavy atom. The minimum Gasteiger partial charge on any atom is -0.383 e. The largest absolute Gasteiger partial charge is 0.383 e. The maximum atomic E-state index is 5.20. The van der Waals surface area contributed by atoms with Gasteiger partial charge in [0.05, 0.1) is 6.61 Å². The van der Waals surface area contributed by atoms with Gasteiger partial charge in [0.2, 0.25) is 0 Å². The fraction of sp³-hybridized carbons (Fsp3) is 0.667. The highest BCUT2D eigenvalue weighted by Gasteiger charge is 2.09. The first-order valence-electron chi connectivity index (χ1n) is 5.60. The van der Waals surface area contributed by atoms with Crippen LogP contribution in [-0.2, 0) is 17.6 Å².